The van der Waals surface area contributed by atoms with E-state index in [9.17, 15) is 0 Å². The third kappa shape index (κ3) is 26.5. The minimum Gasteiger partial charge on any atom is -0.351 e. The summed E-state index contributed by atoms with van der Waals surface area (Å²) in [4.78, 5) is 2.59. The molecule has 2 aromatic rings. The highest BCUT2D eigenvalue weighted by atomic mass is 32.1. The Labute approximate surface area is 348 Å². The van der Waals surface area contributed by atoms with E-state index in [1.165, 1.54) is 217 Å². The molecule has 0 heterocycles. The Morgan fingerprint density at radius 2 is 0.648 bits per heavy atom. The lowest BCUT2D eigenvalue weighted by atomic mass is 9.93. The Morgan fingerprint density at radius 3 is 0.889 bits per heavy atom. The molecule has 0 fully saturated rings. The molecule has 0 spiro atoms. The van der Waals surface area contributed by atoms with Gasteiger partial charge in [-0.05, 0) is 36.8 Å². The summed E-state index contributed by atoms with van der Waals surface area (Å²) in [5.41, 5.74) is 2.84. The standard InChI is InChI=1S/C51H87NS2/c1-3-5-7-9-11-13-15-17-19-21-23-25-27-29-37-43-49(45-47-39-33-31-34-40-47)52(51(53)54)50(46-48-41-35-32-36-42-48)44-38-30-28-26-24-22-20-18-16-14-12-10-8-6-4-2/h31-36,39-42,49-50H,3-30,37-38,43-46H2,1-2H3,(H,53,54). The molecule has 2 unspecified atom stereocenters. The Balaban J connectivity index is 1.81. The molecule has 0 amide bonds. The first kappa shape index (κ1) is 48.8. The van der Waals surface area contributed by atoms with E-state index < -0.39 is 0 Å². The quantitative estimate of drug-likeness (QED) is 0.0411. The van der Waals surface area contributed by atoms with Crippen LogP contribution in [0.5, 0.6) is 0 Å². The summed E-state index contributed by atoms with van der Waals surface area (Å²) in [6.45, 7) is 4.61. The molecule has 0 aliphatic heterocycles. The first-order valence-electron chi connectivity index (χ1n) is 23.7. The van der Waals surface area contributed by atoms with Crippen LogP contribution in [0, 0.1) is 0 Å². The molecule has 2 rings (SSSR count). The lowest BCUT2D eigenvalue weighted by Gasteiger charge is -2.40. The number of hydrogen-bond acceptors (Lipinski definition) is 1. The van der Waals surface area contributed by atoms with Crippen molar-refractivity contribution in [3.63, 3.8) is 0 Å². The van der Waals surface area contributed by atoms with Gasteiger partial charge in [0, 0.05) is 12.1 Å². The molecule has 0 N–H and O–H groups in total. The Kier molecular flexibility index (Phi) is 32.6. The maximum Gasteiger partial charge on any atom is 0.133 e. The van der Waals surface area contributed by atoms with Crippen LogP contribution in [-0.2, 0) is 12.8 Å². The topological polar surface area (TPSA) is 3.24 Å². The summed E-state index contributed by atoms with van der Waals surface area (Å²) in [5.74, 6) is 0. The number of thiocarbonyl (C=S) groups is 1. The molecule has 0 radical (unpaired) electrons. The molecule has 2 atom stereocenters. The van der Waals surface area contributed by atoms with Crippen molar-refractivity contribution < 1.29 is 0 Å². The summed E-state index contributed by atoms with van der Waals surface area (Å²) in [6.07, 6.45) is 46.7. The van der Waals surface area contributed by atoms with Gasteiger partial charge in [0.25, 0.3) is 0 Å². The van der Waals surface area contributed by atoms with Crippen molar-refractivity contribution in [2.24, 2.45) is 0 Å². The van der Waals surface area contributed by atoms with E-state index >= 15 is 0 Å². The highest BCUT2D eigenvalue weighted by Gasteiger charge is 2.27. The molecule has 2 aromatic carbocycles. The first-order valence-corrected chi connectivity index (χ1v) is 24.6. The minimum absolute atomic E-state index is 0.393. The van der Waals surface area contributed by atoms with E-state index in [-0.39, 0.29) is 0 Å². The fourth-order valence-electron chi connectivity index (χ4n) is 8.56. The maximum absolute atomic E-state index is 6.01. The van der Waals surface area contributed by atoms with E-state index in [0.717, 1.165) is 17.2 Å². The van der Waals surface area contributed by atoms with Crippen molar-refractivity contribution >= 4 is 29.2 Å². The van der Waals surface area contributed by atoms with Crippen molar-refractivity contribution in [3.8, 4) is 0 Å². The summed E-state index contributed by atoms with van der Waals surface area (Å²) in [7, 11) is 0. The molecule has 0 saturated carbocycles. The van der Waals surface area contributed by atoms with Gasteiger partial charge in [0.1, 0.15) is 4.32 Å². The van der Waals surface area contributed by atoms with Crippen LogP contribution in [0.3, 0.4) is 0 Å². The number of rotatable bonds is 38. The van der Waals surface area contributed by atoms with Crippen molar-refractivity contribution in [1.29, 1.82) is 0 Å². The molecule has 3 heteroatoms. The molecule has 0 aliphatic carbocycles. The van der Waals surface area contributed by atoms with Gasteiger partial charge in [0.15, 0.2) is 0 Å². The molecular formula is C51H87NS2. The highest BCUT2D eigenvalue weighted by Crippen LogP contribution is 2.26. The minimum atomic E-state index is 0.393. The predicted molar refractivity (Wildman–Crippen MR) is 250 cm³/mol. The number of benzene rings is 2. The smallest absolute Gasteiger partial charge is 0.133 e. The summed E-state index contributed by atoms with van der Waals surface area (Å²) < 4.78 is 0.791. The van der Waals surface area contributed by atoms with Crippen LogP contribution in [0.2, 0.25) is 0 Å². The largest absolute Gasteiger partial charge is 0.351 e. The Morgan fingerprint density at radius 1 is 0.407 bits per heavy atom. The van der Waals surface area contributed by atoms with Crippen molar-refractivity contribution in [3.05, 3.63) is 71.8 Å². The molecule has 1 nitrogen and oxygen atoms in total. The molecule has 308 valence electrons. The van der Waals surface area contributed by atoms with Crippen LogP contribution in [0.4, 0.5) is 0 Å². The average molecular weight is 778 g/mol. The van der Waals surface area contributed by atoms with Crippen LogP contribution in [-0.4, -0.2) is 21.3 Å². The molecule has 54 heavy (non-hydrogen) atoms. The molecule has 0 aromatic heterocycles. The van der Waals surface area contributed by atoms with Crippen molar-refractivity contribution in [2.45, 2.75) is 244 Å². The zero-order chi connectivity index (χ0) is 38.6. The Bertz CT molecular complexity index is 992. The maximum atomic E-state index is 6.01. The van der Waals surface area contributed by atoms with E-state index in [1.807, 2.05) is 0 Å². The second-order valence-corrected chi connectivity index (χ2v) is 18.0. The van der Waals surface area contributed by atoms with Gasteiger partial charge >= 0.3 is 0 Å². The van der Waals surface area contributed by atoms with Crippen LogP contribution in [0.15, 0.2) is 60.7 Å². The van der Waals surface area contributed by atoms with E-state index in [4.69, 9.17) is 24.8 Å². The Hall–Kier alpha value is -1.32. The summed E-state index contributed by atoms with van der Waals surface area (Å²) in [6, 6.07) is 23.1. The van der Waals surface area contributed by atoms with Crippen LogP contribution in [0.25, 0.3) is 0 Å². The second-order valence-electron chi connectivity index (χ2n) is 16.9. The molecule has 0 saturated heterocycles. The van der Waals surface area contributed by atoms with Crippen LogP contribution < -0.4 is 0 Å². The molecular weight excluding hydrogens is 691 g/mol. The lowest BCUT2D eigenvalue weighted by Crippen LogP contribution is -2.47. The third-order valence-electron chi connectivity index (χ3n) is 11.9. The molecule has 0 aliphatic rings. The SMILES string of the molecule is CCCCCCCCCCCCCCCCCC(Cc1ccccc1)N(C(=S)S)C(CCCCCCCCCCCCCCCCC)Cc1ccccc1. The van der Waals surface area contributed by atoms with Gasteiger partial charge in [-0.2, -0.15) is 0 Å². The number of nitrogens with zero attached hydrogens (tertiary/aromatic N) is 1. The number of thiol groups is 1. The van der Waals surface area contributed by atoms with Gasteiger partial charge in [-0.25, -0.2) is 0 Å². The second kappa shape index (κ2) is 36.0. The van der Waals surface area contributed by atoms with Gasteiger partial charge in [-0.3, -0.25) is 0 Å². The zero-order valence-electron chi connectivity index (χ0n) is 35.8. The number of hydrogen-bond donors (Lipinski definition) is 1. The fraction of sp³-hybridized carbons (Fsp3) is 0.745. The fourth-order valence-corrected chi connectivity index (χ4v) is 9.19. The van der Waals surface area contributed by atoms with Gasteiger partial charge in [0.2, 0.25) is 0 Å². The average Bonchev–Trinajstić information content (AvgIpc) is 3.18. The van der Waals surface area contributed by atoms with Crippen LogP contribution >= 0.6 is 24.8 Å². The summed E-state index contributed by atoms with van der Waals surface area (Å²) in [5, 5.41) is 0. The highest BCUT2D eigenvalue weighted by molar-refractivity contribution is 8.10. The van der Waals surface area contributed by atoms with E-state index in [1.54, 1.807) is 0 Å². The van der Waals surface area contributed by atoms with Gasteiger partial charge < -0.3 is 4.90 Å². The predicted octanol–water partition coefficient (Wildman–Crippen LogP) is 17.2. The number of unbranched alkanes of at least 4 members (excludes halogenated alkanes) is 28. The monoisotopic (exact) mass is 778 g/mol. The van der Waals surface area contributed by atoms with Crippen molar-refractivity contribution in [2.75, 3.05) is 0 Å². The third-order valence-corrected chi connectivity index (χ3v) is 12.4. The first-order chi connectivity index (χ1) is 26.7. The normalized spacial score (nSPS) is 12.6. The van der Waals surface area contributed by atoms with Gasteiger partial charge in [-0.15, -0.1) is 12.6 Å². The van der Waals surface area contributed by atoms with Crippen LogP contribution in [0.1, 0.15) is 230 Å². The van der Waals surface area contributed by atoms with E-state index in [0.29, 0.717) is 12.1 Å². The van der Waals surface area contributed by atoms with Crippen molar-refractivity contribution in [1.82, 2.24) is 4.90 Å². The van der Waals surface area contributed by atoms with Gasteiger partial charge in [0.05, 0.1) is 0 Å². The lowest BCUT2D eigenvalue weighted by molar-refractivity contribution is 0.211. The van der Waals surface area contributed by atoms with Gasteiger partial charge in [-0.1, -0.05) is 279 Å². The zero-order valence-corrected chi connectivity index (χ0v) is 37.5. The molecule has 0 bridgehead atoms. The summed E-state index contributed by atoms with van der Waals surface area (Å²) >= 11 is 11.0. The van der Waals surface area contributed by atoms with E-state index in [2.05, 4.69) is 79.4 Å².